The zero-order valence-electron chi connectivity index (χ0n) is 18.2. The summed E-state index contributed by atoms with van der Waals surface area (Å²) in [7, 11) is 0. The fourth-order valence-corrected chi connectivity index (χ4v) is 6.46. The highest BCUT2D eigenvalue weighted by Crippen LogP contribution is 2.35. The van der Waals surface area contributed by atoms with Crippen LogP contribution in [0.5, 0.6) is 0 Å². The number of H-pyrrole nitrogens is 1. The molecule has 0 radical (unpaired) electrons. The summed E-state index contributed by atoms with van der Waals surface area (Å²) in [6.07, 6.45) is 3.84. The van der Waals surface area contributed by atoms with Gasteiger partial charge in [-0.3, -0.25) is 4.79 Å². The van der Waals surface area contributed by atoms with E-state index in [9.17, 15) is 4.79 Å². The number of aromatic nitrogens is 5. The van der Waals surface area contributed by atoms with E-state index in [-0.39, 0.29) is 11.5 Å². The Balaban J connectivity index is 1.31. The second-order valence-corrected chi connectivity index (χ2v) is 10.6. The molecule has 0 amide bonds. The van der Waals surface area contributed by atoms with Gasteiger partial charge in [-0.25, -0.2) is 9.66 Å². The number of thiophene rings is 1. The van der Waals surface area contributed by atoms with Gasteiger partial charge in [0.25, 0.3) is 5.56 Å². The average molecular weight is 467 g/mol. The molecule has 0 bridgehead atoms. The van der Waals surface area contributed by atoms with Crippen molar-refractivity contribution in [2.45, 2.75) is 56.4 Å². The van der Waals surface area contributed by atoms with Crippen LogP contribution >= 0.6 is 23.1 Å². The molecule has 0 saturated heterocycles. The molecule has 0 aliphatic heterocycles. The first-order valence-electron chi connectivity index (χ1n) is 10.9. The Labute approximate surface area is 194 Å². The lowest BCUT2D eigenvalue weighted by atomic mass is 9.89. The number of nitrogens with one attached hydrogen (secondary N) is 1. The van der Waals surface area contributed by atoms with Gasteiger partial charge in [-0.2, -0.15) is 0 Å². The van der Waals surface area contributed by atoms with E-state index in [1.807, 2.05) is 18.2 Å². The zero-order valence-corrected chi connectivity index (χ0v) is 19.8. The summed E-state index contributed by atoms with van der Waals surface area (Å²) >= 11 is 3.10. The number of aryl methyl sites for hydroxylation is 1. The van der Waals surface area contributed by atoms with Crippen LogP contribution in [0, 0.1) is 5.92 Å². The first-order chi connectivity index (χ1) is 15.5. The molecule has 3 N–H and O–H groups in total. The largest absolute Gasteiger partial charge is 0.336 e. The topological polar surface area (TPSA) is 102 Å². The number of nitrogen functional groups attached to an aromatic ring is 1. The molecular formula is C23H26N6OS2. The van der Waals surface area contributed by atoms with Crippen LogP contribution in [0.3, 0.4) is 0 Å². The molecule has 3 heterocycles. The third kappa shape index (κ3) is 4.06. The lowest BCUT2D eigenvalue weighted by molar-refractivity contribution is 0.509. The minimum absolute atomic E-state index is 0.0377. The number of nitrogens with zero attached hydrogens (tertiary/aromatic N) is 4. The Morgan fingerprint density at radius 1 is 1.31 bits per heavy atom. The van der Waals surface area contributed by atoms with Crippen molar-refractivity contribution in [1.82, 2.24) is 24.8 Å². The molecule has 1 aromatic carbocycles. The summed E-state index contributed by atoms with van der Waals surface area (Å²) in [5, 5.41) is 9.94. The Kier molecular flexibility index (Phi) is 5.77. The van der Waals surface area contributed by atoms with Crippen molar-refractivity contribution in [1.29, 1.82) is 0 Å². The fraction of sp³-hybridized carbons (Fsp3) is 0.391. The highest BCUT2D eigenvalue weighted by molar-refractivity contribution is 7.98. The molecule has 166 valence electrons. The maximum Gasteiger partial charge on any atom is 0.259 e. The van der Waals surface area contributed by atoms with Crippen LogP contribution in [-0.2, 0) is 25.0 Å². The van der Waals surface area contributed by atoms with Crippen molar-refractivity contribution in [3.8, 4) is 0 Å². The first kappa shape index (κ1) is 21.2. The molecule has 9 heteroatoms. The average Bonchev–Trinajstić information content (AvgIpc) is 3.32. The van der Waals surface area contributed by atoms with Crippen LogP contribution in [0.15, 0.2) is 40.3 Å². The first-order valence-corrected chi connectivity index (χ1v) is 12.7. The van der Waals surface area contributed by atoms with E-state index in [0.717, 1.165) is 35.3 Å². The number of aromatic amines is 1. The van der Waals surface area contributed by atoms with Gasteiger partial charge < -0.3 is 10.8 Å². The molecular weight excluding hydrogens is 440 g/mol. The number of rotatable bonds is 6. The molecule has 0 saturated carbocycles. The number of benzene rings is 1. The van der Waals surface area contributed by atoms with Gasteiger partial charge in [0.15, 0.2) is 5.82 Å². The van der Waals surface area contributed by atoms with Crippen molar-refractivity contribution < 1.29 is 0 Å². The minimum Gasteiger partial charge on any atom is -0.336 e. The summed E-state index contributed by atoms with van der Waals surface area (Å²) < 4.78 is 1.55. The smallest absolute Gasteiger partial charge is 0.259 e. The molecule has 3 aromatic heterocycles. The Hall–Kier alpha value is -2.65. The van der Waals surface area contributed by atoms with Crippen LogP contribution < -0.4 is 11.4 Å². The maximum atomic E-state index is 12.8. The van der Waals surface area contributed by atoms with Crippen molar-refractivity contribution in [3.05, 3.63) is 68.3 Å². The van der Waals surface area contributed by atoms with E-state index in [0.29, 0.717) is 29.1 Å². The third-order valence-electron chi connectivity index (χ3n) is 6.14. The molecule has 0 spiro atoms. The highest BCUT2D eigenvalue weighted by Gasteiger charge is 2.23. The van der Waals surface area contributed by atoms with Gasteiger partial charge >= 0.3 is 0 Å². The lowest BCUT2D eigenvalue weighted by Crippen LogP contribution is -2.16. The van der Waals surface area contributed by atoms with Gasteiger partial charge in [-0.15, -0.1) is 21.5 Å². The van der Waals surface area contributed by atoms with Crippen LogP contribution in [0.1, 0.15) is 53.8 Å². The Bertz CT molecular complexity index is 1310. The van der Waals surface area contributed by atoms with Crippen LogP contribution in [0.2, 0.25) is 0 Å². The molecule has 2 atom stereocenters. The summed E-state index contributed by atoms with van der Waals surface area (Å²) in [6.45, 7) is 4.42. The van der Waals surface area contributed by atoms with E-state index >= 15 is 0 Å². The molecule has 7 nitrogen and oxygen atoms in total. The highest BCUT2D eigenvalue weighted by atomic mass is 32.2. The van der Waals surface area contributed by atoms with E-state index in [1.165, 1.54) is 27.8 Å². The van der Waals surface area contributed by atoms with Gasteiger partial charge in [0.2, 0.25) is 5.16 Å². The Morgan fingerprint density at radius 3 is 2.94 bits per heavy atom. The number of fused-ring (bicyclic) bond motifs is 3. The second-order valence-electron chi connectivity index (χ2n) is 8.62. The summed E-state index contributed by atoms with van der Waals surface area (Å²) in [4.78, 5) is 22.7. The van der Waals surface area contributed by atoms with Gasteiger partial charge in [-0.1, -0.05) is 55.9 Å². The minimum atomic E-state index is -0.0377. The standard InChI is InChI=1S/C23H26N6OS2/c1-13-8-9-16-17(10-13)32-22-20(16)21(30)25-18(26-22)12-31-23-28-27-19(29(23)24)11-14(2)15-6-4-3-5-7-15/h3-7,13-14H,8-12,24H2,1-2H3,(H,25,26,30)/t13-,14-/m1/s1. The van der Waals surface area contributed by atoms with Crippen molar-refractivity contribution in [2.75, 3.05) is 5.84 Å². The van der Waals surface area contributed by atoms with E-state index in [4.69, 9.17) is 10.8 Å². The maximum absolute atomic E-state index is 12.8. The summed E-state index contributed by atoms with van der Waals surface area (Å²) in [5.74, 6) is 9.08. The quantitative estimate of drug-likeness (QED) is 0.328. The fourth-order valence-electron chi connectivity index (χ4n) is 4.31. The zero-order chi connectivity index (χ0) is 22.2. The van der Waals surface area contributed by atoms with Gasteiger partial charge in [0.05, 0.1) is 11.1 Å². The number of thioether (sulfide) groups is 1. The van der Waals surface area contributed by atoms with Crippen LogP contribution in [0.4, 0.5) is 0 Å². The van der Waals surface area contributed by atoms with E-state index in [1.54, 1.807) is 16.0 Å². The molecule has 0 unspecified atom stereocenters. The Morgan fingerprint density at radius 2 is 2.12 bits per heavy atom. The normalized spacial score (nSPS) is 16.9. The lowest BCUT2D eigenvalue weighted by Gasteiger charge is -2.17. The van der Waals surface area contributed by atoms with E-state index in [2.05, 4.69) is 41.2 Å². The van der Waals surface area contributed by atoms with Crippen molar-refractivity contribution >= 4 is 33.3 Å². The second kappa shape index (κ2) is 8.71. The molecule has 4 aromatic rings. The van der Waals surface area contributed by atoms with Crippen molar-refractivity contribution in [2.24, 2.45) is 5.92 Å². The number of nitrogens with two attached hydrogens (primary N) is 1. The monoisotopic (exact) mass is 466 g/mol. The third-order valence-corrected chi connectivity index (χ3v) is 8.25. The van der Waals surface area contributed by atoms with Gasteiger partial charge in [0, 0.05) is 11.3 Å². The predicted molar refractivity (Wildman–Crippen MR) is 130 cm³/mol. The van der Waals surface area contributed by atoms with E-state index < -0.39 is 0 Å². The number of hydrogen-bond acceptors (Lipinski definition) is 7. The van der Waals surface area contributed by atoms with Crippen LogP contribution in [0.25, 0.3) is 10.2 Å². The molecule has 32 heavy (non-hydrogen) atoms. The van der Waals surface area contributed by atoms with Crippen LogP contribution in [-0.4, -0.2) is 24.8 Å². The molecule has 1 aliphatic carbocycles. The number of hydrogen-bond donors (Lipinski definition) is 2. The van der Waals surface area contributed by atoms with Gasteiger partial charge in [-0.05, 0) is 42.2 Å². The summed E-state index contributed by atoms with van der Waals surface area (Å²) in [6, 6.07) is 10.3. The summed E-state index contributed by atoms with van der Waals surface area (Å²) in [5.41, 5.74) is 2.41. The van der Waals surface area contributed by atoms with Gasteiger partial charge in [0.1, 0.15) is 10.7 Å². The SMILES string of the molecule is C[C@@H]1CCc2c(sc3nc(CSc4nnc(C[C@@H](C)c5ccccc5)n4N)[nH]c(=O)c23)C1. The molecule has 1 aliphatic rings. The molecule has 5 rings (SSSR count). The molecule has 0 fully saturated rings. The predicted octanol–water partition coefficient (Wildman–Crippen LogP) is 4.05. The van der Waals surface area contributed by atoms with Crippen molar-refractivity contribution in [3.63, 3.8) is 0 Å².